The Kier molecular flexibility index (Phi) is 5.38. The van der Waals surface area contributed by atoms with E-state index in [1.165, 1.54) is 6.07 Å². The van der Waals surface area contributed by atoms with Crippen molar-refractivity contribution in [1.82, 2.24) is 0 Å². The number of hydrogen-bond donors (Lipinski definition) is 1. The van der Waals surface area contributed by atoms with E-state index in [0.29, 0.717) is 24.8 Å². The summed E-state index contributed by atoms with van der Waals surface area (Å²) < 4.78 is 5.57. The first kappa shape index (κ1) is 15.6. The van der Waals surface area contributed by atoms with Gasteiger partial charge in [0, 0.05) is 30.9 Å². The van der Waals surface area contributed by atoms with Gasteiger partial charge in [0.2, 0.25) is 0 Å². The summed E-state index contributed by atoms with van der Waals surface area (Å²) in [6, 6.07) is 5.01. The molecule has 1 heterocycles. The molecule has 1 saturated heterocycles. The van der Waals surface area contributed by atoms with Gasteiger partial charge in [-0.05, 0) is 31.7 Å². The van der Waals surface area contributed by atoms with Crippen LogP contribution in [0.3, 0.4) is 0 Å². The molecule has 0 unspecified atom stereocenters. The molecule has 116 valence electrons. The van der Waals surface area contributed by atoms with Crippen LogP contribution < -0.4 is 15.4 Å². The van der Waals surface area contributed by atoms with Gasteiger partial charge in [0.1, 0.15) is 5.75 Å². The van der Waals surface area contributed by atoms with Crippen molar-refractivity contribution >= 4 is 11.4 Å². The Morgan fingerprint density at radius 1 is 1.38 bits per heavy atom. The van der Waals surface area contributed by atoms with Crippen molar-refractivity contribution in [3.05, 3.63) is 28.3 Å². The number of non-ortho nitro benzene ring substituents is 1. The summed E-state index contributed by atoms with van der Waals surface area (Å²) in [4.78, 5) is 12.9. The molecule has 1 aliphatic heterocycles. The minimum Gasteiger partial charge on any atom is -0.493 e. The molecule has 2 N–H and O–H groups in total. The average Bonchev–Trinajstić information content (AvgIpc) is 2.52. The number of piperidine rings is 1. The molecule has 0 atom stereocenters. The van der Waals surface area contributed by atoms with E-state index in [2.05, 4.69) is 4.90 Å². The highest BCUT2D eigenvalue weighted by atomic mass is 16.6. The Morgan fingerprint density at radius 2 is 2.10 bits per heavy atom. The molecule has 0 radical (unpaired) electrons. The summed E-state index contributed by atoms with van der Waals surface area (Å²) >= 11 is 0. The third kappa shape index (κ3) is 4.07. The lowest BCUT2D eigenvalue weighted by Crippen LogP contribution is -2.36. The minimum absolute atomic E-state index is 0.0829. The van der Waals surface area contributed by atoms with Crippen molar-refractivity contribution < 1.29 is 9.66 Å². The SMILES string of the molecule is CCCOc1cc(N2CCC(CN)CC2)cc([N+](=O)[O-])c1. The molecule has 1 fully saturated rings. The van der Waals surface area contributed by atoms with Gasteiger partial charge in [0.05, 0.1) is 17.6 Å². The molecule has 1 aromatic rings. The highest BCUT2D eigenvalue weighted by molar-refractivity contribution is 5.58. The molecule has 1 aromatic carbocycles. The second-order valence-corrected chi connectivity index (χ2v) is 5.46. The maximum absolute atomic E-state index is 11.1. The lowest BCUT2D eigenvalue weighted by atomic mass is 9.97. The second kappa shape index (κ2) is 7.26. The molecule has 0 bridgehead atoms. The third-order valence-electron chi connectivity index (χ3n) is 3.87. The second-order valence-electron chi connectivity index (χ2n) is 5.46. The van der Waals surface area contributed by atoms with Gasteiger partial charge in [-0.25, -0.2) is 0 Å². The van der Waals surface area contributed by atoms with Crippen LogP contribution in [0, 0.1) is 16.0 Å². The summed E-state index contributed by atoms with van der Waals surface area (Å²) in [7, 11) is 0. The fourth-order valence-electron chi connectivity index (χ4n) is 2.59. The van der Waals surface area contributed by atoms with Crippen LogP contribution in [-0.2, 0) is 0 Å². The van der Waals surface area contributed by atoms with Crippen LogP contribution in [0.4, 0.5) is 11.4 Å². The van der Waals surface area contributed by atoms with E-state index in [1.807, 2.05) is 13.0 Å². The standard InChI is InChI=1S/C15H23N3O3/c1-2-7-21-15-9-13(8-14(10-15)18(19)20)17-5-3-12(11-16)4-6-17/h8-10,12H,2-7,11,16H2,1H3. The third-order valence-corrected chi connectivity index (χ3v) is 3.87. The van der Waals surface area contributed by atoms with Crippen molar-refractivity contribution in [2.75, 3.05) is 31.1 Å². The smallest absolute Gasteiger partial charge is 0.275 e. The minimum atomic E-state index is -0.366. The largest absolute Gasteiger partial charge is 0.493 e. The maximum atomic E-state index is 11.1. The molecule has 2 rings (SSSR count). The average molecular weight is 293 g/mol. The first-order valence-corrected chi connectivity index (χ1v) is 7.51. The van der Waals surface area contributed by atoms with Crippen LogP contribution in [0.25, 0.3) is 0 Å². The van der Waals surface area contributed by atoms with Crippen LogP contribution in [0.1, 0.15) is 26.2 Å². The lowest BCUT2D eigenvalue weighted by Gasteiger charge is -2.33. The monoisotopic (exact) mass is 293 g/mol. The number of nitrogens with zero attached hydrogens (tertiary/aromatic N) is 2. The molecule has 6 heteroatoms. The van der Waals surface area contributed by atoms with Crippen LogP contribution in [0.5, 0.6) is 5.75 Å². The van der Waals surface area contributed by atoms with Gasteiger partial charge in [-0.3, -0.25) is 10.1 Å². The zero-order valence-corrected chi connectivity index (χ0v) is 12.5. The Hall–Kier alpha value is -1.82. The molecule has 1 aliphatic rings. The number of hydrogen-bond acceptors (Lipinski definition) is 5. The molecule has 21 heavy (non-hydrogen) atoms. The Bertz CT molecular complexity index is 485. The predicted molar refractivity (Wildman–Crippen MR) is 82.9 cm³/mol. The number of anilines is 1. The first-order valence-electron chi connectivity index (χ1n) is 7.51. The summed E-state index contributed by atoms with van der Waals surface area (Å²) in [5.41, 5.74) is 6.65. The molecule has 0 spiro atoms. The van der Waals surface area contributed by atoms with Gasteiger partial charge in [-0.2, -0.15) is 0 Å². The first-order chi connectivity index (χ1) is 10.1. The van der Waals surface area contributed by atoms with Gasteiger partial charge < -0.3 is 15.4 Å². The predicted octanol–water partition coefficient (Wildman–Crippen LogP) is 2.56. The highest BCUT2D eigenvalue weighted by Gasteiger charge is 2.21. The maximum Gasteiger partial charge on any atom is 0.275 e. The van der Waals surface area contributed by atoms with E-state index >= 15 is 0 Å². The quantitative estimate of drug-likeness (QED) is 0.644. The van der Waals surface area contributed by atoms with Gasteiger partial charge in [0.15, 0.2) is 0 Å². The summed E-state index contributed by atoms with van der Waals surface area (Å²) in [5.74, 6) is 1.14. The fraction of sp³-hybridized carbons (Fsp3) is 0.600. The molecule has 6 nitrogen and oxygen atoms in total. The van der Waals surface area contributed by atoms with Crippen molar-refractivity contribution in [2.24, 2.45) is 11.7 Å². The topological polar surface area (TPSA) is 81.6 Å². The zero-order chi connectivity index (χ0) is 15.2. The van der Waals surface area contributed by atoms with Gasteiger partial charge in [0.25, 0.3) is 5.69 Å². The van der Waals surface area contributed by atoms with Crippen molar-refractivity contribution in [3.63, 3.8) is 0 Å². The molecule has 0 aliphatic carbocycles. The van der Waals surface area contributed by atoms with Gasteiger partial charge in [-0.15, -0.1) is 0 Å². The van der Waals surface area contributed by atoms with E-state index < -0.39 is 0 Å². The molecule has 0 amide bonds. The van der Waals surface area contributed by atoms with Crippen molar-refractivity contribution in [1.29, 1.82) is 0 Å². The molecular weight excluding hydrogens is 270 g/mol. The number of nitrogens with two attached hydrogens (primary N) is 1. The summed E-state index contributed by atoms with van der Waals surface area (Å²) in [6.45, 7) is 5.06. The number of nitro groups is 1. The molecule has 0 saturated carbocycles. The Labute approximate surface area is 125 Å². The van der Waals surface area contributed by atoms with Gasteiger partial charge in [-0.1, -0.05) is 6.92 Å². The van der Waals surface area contributed by atoms with E-state index in [4.69, 9.17) is 10.5 Å². The van der Waals surface area contributed by atoms with Crippen LogP contribution in [0.2, 0.25) is 0 Å². The molecular formula is C15H23N3O3. The number of benzene rings is 1. The van der Waals surface area contributed by atoms with Gasteiger partial charge >= 0.3 is 0 Å². The zero-order valence-electron chi connectivity index (χ0n) is 12.5. The van der Waals surface area contributed by atoms with Crippen LogP contribution in [0.15, 0.2) is 18.2 Å². The lowest BCUT2D eigenvalue weighted by molar-refractivity contribution is -0.384. The normalized spacial score (nSPS) is 16.0. The molecule has 0 aromatic heterocycles. The highest BCUT2D eigenvalue weighted by Crippen LogP contribution is 2.31. The van der Waals surface area contributed by atoms with E-state index in [9.17, 15) is 10.1 Å². The Morgan fingerprint density at radius 3 is 2.67 bits per heavy atom. The summed E-state index contributed by atoms with van der Waals surface area (Å²) in [6.07, 6.45) is 2.94. The van der Waals surface area contributed by atoms with E-state index in [1.54, 1.807) is 6.07 Å². The van der Waals surface area contributed by atoms with E-state index in [0.717, 1.165) is 38.0 Å². The van der Waals surface area contributed by atoms with Crippen molar-refractivity contribution in [3.8, 4) is 5.75 Å². The van der Waals surface area contributed by atoms with E-state index in [-0.39, 0.29) is 10.6 Å². The number of ether oxygens (including phenoxy) is 1. The van der Waals surface area contributed by atoms with Crippen LogP contribution >= 0.6 is 0 Å². The number of nitro benzene ring substituents is 1. The van der Waals surface area contributed by atoms with Crippen LogP contribution in [-0.4, -0.2) is 31.2 Å². The van der Waals surface area contributed by atoms with Crippen molar-refractivity contribution in [2.45, 2.75) is 26.2 Å². The fourth-order valence-corrected chi connectivity index (χ4v) is 2.59. The number of rotatable bonds is 6. The Balaban J connectivity index is 2.17. The summed E-state index contributed by atoms with van der Waals surface area (Å²) in [5, 5.41) is 11.1.